The first kappa shape index (κ1) is 9.82. The van der Waals surface area contributed by atoms with Crippen molar-refractivity contribution in [1.29, 1.82) is 0 Å². The quantitative estimate of drug-likeness (QED) is 0.594. The SMILES string of the molecule is CCC(F)(F)CCN(C)C. The normalized spacial score (nSPS) is 12.6. The van der Waals surface area contributed by atoms with Gasteiger partial charge in [-0.15, -0.1) is 0 Å². The number of alkyl halides is 2. The molecule has 0 radical (unpaired) electrons. The van der Waals surface area contributed by atoms with Crippen LogP contribution in [-0.4, -0.2) is 31.5 Å². The Morgan fingerprint density at radius 2 is 1.80 bits per heavy atom. The first-order chi connectivity index (χ1) is 4.48. The highest BCUT2D eigenvalue weighted by molar-refractivity contribution is 4.64. The first-order valence-electron chi connectivity index (χ1n) is 3.50. The predicted octanol–water partition coefficient (Wildman–Crippen LogP) is 1.98. The lowest BCUT2D eigenvalue weighted by molar-refractivity contribution is -0.0165. The van der Waals surface area contributed by atoms with Crippen LogP contribution in [0.3, 0.4) is 0 Å². The second-order valence-corrected chi connectivity index (χ2v) is 2.76. The lowest BCUT2D eigenvalue weighted by atomic mass is 10.2. The number of rotatable bonds is 4. The largest absolute Gasteiger partial charge is 0.309 e. The highest BCUT2D eigenvalue weighted by Gasteiger charge is 2.25. The zero-order valence-corrected chi connectivity index (χ0v) is 6.82. The van der Waals surface area contributed by atoms with Crippen molar-refractivity contribution in [3.63, 3.8) is 0 Å². The van der Waals surface area contributed by atoms with Crippen molar-refractivity contribution in [2.75, 3.05) is 20.6 Å². The molecule has 62 valence electrons. The van der Waals surface area contributed by atoms with Gasteiger partial charge in [0.1, 0.15) is 0 Å². The van der Waals surface area contributed by atoms with E-state index in [4.69, 9.17) is 0 Å². The van der Waals surface area contributed by atoms with Crippen LogP contribution in [0.25, 0.3) is 0 Å². The maximum Gasteiger partial charge on any atom is 0.249 e. The molecule has 0 aromatic heterocycles. The smallest absolute Gasteiger partial charge is 0.249 e. The third kappa shape index (κ3) is 4.68. The Hall–Kier alpha value is -0.180. The third-order valence-corrected chi connectivity index (χ3v) is 1.44. The van der Waals surface area contributed by atoms with E-state index in [1.54, 1.807) is 19.0 Å². The molecule has 0 aliphatic rings. The molecule has 0 fully saturated rings. The molecule has 0 saturated heterocycles. The topological polar surface area (TPSA) is 3.24 Å². The van der Waals surface area contributed by atoms with Crippen molar-refractivity contribution in [3.05, 3.63) is 0 Å². The number of nitrogens with zero attached hydrogens (tertiary/aromatic N) is 1. The van der Waals surface area contributed by atoms with Crippen LogP contribution in [0, 0.1) is 0 Å². The monoisotopic (exact) mass is 151 g/mol. The Morgan fingerprint density at radius 1 is 1.30 bits per heavy atom. The van der Waals surface area contributed by atoms with Gasteiger partial charge in [-0.2, -0.15) is 0 Å². The van der Waals surface area contributed by atoms with E-state index in [2.05, 4.69) is 0 Å². The standard InChI is InChI=1S/C7H15F2N/c1-4-7(8,9)5-6-10(2)3/h4-6H2,1-3H3. The van der Waals surface area contributed by atoms with Gasteiger partial charge in [-0.25, -0.2) is 8.78 Å². The van der Waals surface area contributed by atoms with Crippen molar-refractivity contribution in [3.8, 4) is 0 Å². The summed E-state index contributed by atoms with van der Waals surface area (Å²) in [4.78, 5) is 1.77. The average molecular weight is 151 g/mol. The molecule has 0 aromatic carbocycles. The molecule has 0 saturated carbocycles. The fourth-order valence-corrected chi connectivity index (χ4v) is 0.564. The summed E-state index contributed by atoms with van der Waals surface area (Å²) < 4.78 is 25.0. The Balaban J connectivity index is 3.46. The zero-order valence-electron chi connectivity index (χ0n) is 6.82. The average Bonchev–Trinajstić information content (AvgIpc) is 1.85. The van der Waals surface area contributed by atoms with Gasteiger partial charge in [0.15, 0.2) is 0 Å². The molecule has 3 heteroatoms. The minimum Gasteiger partial charge on any atom is -0.309 e. The second kappa shape index (κ2) is 3.86. The summed E-state index contributed by atoms with van der Waals surface area (Å²) in [5.41, 5.74) is 0. The molecule has 10 heavy (non-hydrogen) atoms. The van der Waals surface area contributed by atoms with Gasteiger partial charge < -0.3 is 4.90 Å². The van der Waals surface area contributed by atoms with E-state index < -0.39 is 5.92 Å². The third-order valence-electron chi connectivity index (χ3n) is 1.44. The maximum atomic E-state index is 12.5. The maximum absolute atomic E-state index is 12.5. The van der Waals surface area contributed by atoms with E-state index >= 15 is 0 Å². The van der Waals surface area contributed by atoms with Crippen molar-refractivity contribution in [1.82, 2.24) is 4.90 Å². The molecule has 0 bridgehead atoms. The summed E-state index contributed by atoms with van der Waals surface area (Å²) in [6.07, 6.45) is -0.0860. The molecule has 0 N–H and O–H groups in total. The van der Waals surface area contributed by atoms with Crippen LogP contribution >= 0.6 is 0 Å². The van der Waals surface area contributed by atoms with Gasteiger partial charge in [-0.1, -0.05) is 6.92 Å². The van der Waals surface area contributed by atoms with Crippen LogP contribution in [0.2, 0.25) is 0 Å². The Kier molecular flexibility index (Phi) is 3.79. The lowest BCUT2D eigenvalue weighted by Crippen LogP contribution is -2.23. The summed E-state index contributed by atoms with van der Waals surface area (Å²) in [6.45, 7) is 1.97. The molecule has 0 aromatic rings. The molecule has 0 aliphatic heterocycles. The van der Waals surface area contributed by atoms with E-state index in [9.17, 15) is 8.78 Å². The van der Waals surface area contributed by atoms with Crippen LogP contribution < -0.4 is 0 Å². The van der Waals surface area contributed by atoms with Crippen molar-refractivity contribution in [2.24, 2.45) is 0 Å². The number of hydrogen-bond acceptors (Lipinski definition) is 1. The molecule has 0 aliphatic carbocycles. The number of halogens is 2. The van der Waals surface area contributed by atoms with Gasteiger partial charge in [0.05, 0.1) is 0 Å². The fraction of sp³-hybridized carbons (Fsp3) is 1.00. The van der Waals surface area contributed by atoms with E-state index in [0.29, 0.717) is 6.54 Å². The van der Waals surface area contributed by atoms with E-state index in [1.807, 2.05) is 0 Å². The summed E-state index contributed by atoms with van der Waals surface area (Å²) >= 11 is 0. The molecule has 0 heterocycles. The van der Waals surface area contributed by atoms with Gasteiger partial charge >= 0.3 is 0 Å². The molecule has 0 unspecified atom stereocenters. The van der Waals surface area contributed by atoms with Crippen LogP contribution in [0.15, 0.2) is 0 Å². The molecular weight excluding hydrogens is 136 g/mol. The van der Waals surface area contributed by atoms with Crippen molar-refractivity contribution >= 4 is 0 Å². The molecule has 0 spiro atoms. The van der Waals surface area contributed by atoms with Crippen molar-refractivity contribution in [2.45, 2.75) is 25.7 Å². The molecule has 1 nitrogen and oxygen atoms in total. The second-order valence-electron chi connectivity index (χ2n) is 2.76. The Labute approximate surface area is 61.0 Å². The molecule has 0 atom stereocenters. The molecule has 0 amide bonds. The summed E-state index contributed by atoms with van der Waals surface area (Å²) in [7, 11) is 3.59. The van der Waals surface area contributed by atoms with E-state index in [1.165, 1.54) is 6.92 Å². The first-order valence-corrected chi connectivity index (χ1v) is 3.50. The minimum absolute atomic E-state index is 0.0312. The van der Waals surface area contributed by atoms with Gasteiger partial charge in [0.2, 0.25) is 5.92 Å². The van der Waals surface area contributed by atoms with Gasteiger partial charge in [-0.3, -0.25) is 0 Å². The van der Waals surface area contributed by atoms with E-state index in [-0.39, 0.29) is 12.8 Å². The zero-order chi connectivity index (χ0) is 8.20. The van der Waals surface area contributed by atoms with Crippen LogP contribution in [0.5, 0.6) is 0 Å². The summed E-state index contributed by atoms with van der Waals surface area (Å²) in [5.74, 6) is -2.47. The minimum atomic E-state index is -2.47. The van der Waals surface area contributed by atoms with Crippen LogP contribution in [0.1, 0.15) is 19.8 Å². The predicted molar refractivity (Wildman–Crippen MR) is 38.4 cm³/mol. The van der Waals surface area contributed by atoms with Gasteiger partial charge in [0.25, 0.3) is 0 Å². The Bertz CT molecular complexity index is 91.6. The highest BCUT2D eigenvalue weighted by atomic mass is 19.3. The Morgan fingerprint density at radius 3 is 2.10 bits per heavy atom. The number of hydrogen-bond donors (Lipinski definition) is 0. The van der Waals surface area contributed by atoms with E-state index in [0.717, 1.165) is 0 Å². The molecular formula is C7H15F2N. The summed E-state index contributed by atoms with van der Waals surface area (Å²) in [5, 5.41) is 0. The van der Waals surface area contributed by atoms with Crippen LogP contribution in [-0.2, 0) is 0 Å². The van der Waals surface area contributed by atoms with Gasteiger partial charge in [-0.05, 0) is 14.1 Å². The molecule has 0 rings (SSSR count). The van der Waals surface area contributed by atoms with Crippen molar-refractivity contribution < 1.29 is 8.78 Å². The summed E-state index contributed by atoms with van der Waals surface area (Å²) in [6, 6.07) is 0. The fourth-order valence-electron chi connectivity index (χ4n) is 0.564. The van der Waals surface area contributed by atoms with Crippen LogP contribution in [0.4, 0.5) is 8.78 Å². The van der Waals surface area contributed by atoms with Gasteiger partial charge in [0, 0.05) is 19.4 Å². The lowest BCUT2D eigenvalue weighted by Gasteiger charge is -2.16. The highest BCUT2D eigenvalue weighted by Crippen LogP contribution is 2.21.